The number of aromatic nitrogens is 1. The van der Waals surface area contributed by atoms with Crippen LogP contribution >= 0.6 is 11.8 Å². The van der Waals surface area contributed by atoms with Gasteiger partial charge in [0.05, 0.1) is 5.56 Å². The van der Waals surface area contributed by atoms with Crippen LogP contribution in [0.3, 0.4) is 0 Å². The smallest absolute Gasteiger partial charge is 0.316 e. The third-order valence-electron chi connectivity index (χ3n) is 3.70. The van der Waals surface area contributed by atoms with Crippen molar-refractivity contribution in [2.24, 2.45) is 0 Å². The van der Waals surface area contributed by atoms with Gasteiger partial charge >= 0.3 is 5.97 Å². The molecule has 0 aliphatic carbocycles. The number of carbonyl (C=O) groups excluding carboxylic acids is 1. The Morgan fingerprint density at radius 3 is 2.60 bits per heavy atom. The van der Waals surface area contributed by atoms with Crippen molar-refractivity contribution in [2.75, 3.05) is 0 Å². The third-order valence-corrected chi connectivity index (χ3v) is 4.87. The maximum absolute atomic E-state index is 12.5. The van der Waals surface area contributed by atoms with Crippen LogP contribution in [0.4, 0.5) is 0 Å². The zero-order valence-corrected chi connectivity index (χ0v) is 15.1. The van der Waals surface area contributed by atoms with Crippen LogP contribution in [0.15, 0.2) is 40.0 Å². The van der Waals surface area contributed by atoms with Crippen LogP contribution in [-0.2, 0) is 11.3 Å². The van der Waals surface area contributed by atoms with E-state index in [0.29, 0.717) is 16.0 Å². The van der Waals surface area contributed by atoms with Crippen LogP contribution in [0.25, 0.3) is 0 Å². The van der Waals surface area contributed by atoms with Crippen molar-refractivity contribution in [1.29, 1.82) is 0 Å². The average Bonchev–Trinajstić information content (AvgIpc) is 2.54. The van der Waals surface area contributed by atoms with Crippen LogP contribution in [0.5, 0.6) is 0 Å². The number of carboxylic acid groups (broad SMARTS) is 1. The van der Waals surface area contributed by atoms with Gasteiger partial charge in [-0.25, -0.2) is 0 Å². The molecule has 3 N–H and O–H groups in total. The molecule has 1 heterocycles. The highest BCUT2D eigenvalue weighted by Gasteiger charge is 2.18. The Labute approximate surface area is 149 Å². The second-order valence-corrected chi connectivity index (χ2v) is 7.10. The topological polar surface area (TPSA) is 99.3 Å². The number of hydrogen-bond donors (Lipinski definition) is 3. The maximum Gasteiger partial charge on any atom is 0.316 e. The van der Waals surface area contributed by atoms with E-state index in [1.165, 1.54) is 0 Å². The molecule has 1 aromatic carbocycles. The second kappa shape index (κ2) is 8.02. The first kappa shape index (κ1) is 18.8. The molecule has 0 radical (unpaired) electrons. The summed E-state index contributed by atoms with van der Waals surface area (Å²) in [5.41, 5.74) is 2.25. The SMILES string of the molecule is Cc1cc(C)c(CNC(=O)c2ccccc2SC(C)C(=O)O)c(=O)[nH]1. The number of aliphatic carboxylic acids is 1. The minimum Gasteiger partial charge on any atom is -0.480 e. The molecule has 0 aliphatic rings. The van der Waals surface area contributed by atoms with E-state index in [9.17, 15) is 14.4 Å². The lowest BCUT2D eigenvalue weighted by molar-refractivity contribution is -0.136. The number of aromatic amines is 1. The highest BCUT2D eigenvalue weighted by Crippen LogP contribution is 2.27. The number of rotatable bonds is 6. The Bertz CT molecular complexity index is 860. The van der Waals surface area contributed by atoms with Crippen molar-refractivity contribution in [3.05, 3.63) is 63.1 Å². The summed E-state index contributed by atoms with van der Waals surface area (Å²) in [7, 11) is 0. The van der Waals surface area contributed by atoms with Crippen molar-refractivity contribution in [1.82, 2.24) is 10.3 Å². The zero-order chi connectivity index (χ0) is 18.6. The summed E-state index contributed by atoms with van der Waals surface area (Å²) in [6.45, 7) is 5.29. The van der Waals surface area contributed by atoms with E-state index in [-0.39, 0.29) is 18.0 Å². The highest BCUT2D eigenvalue weighted by atomic mass is 32.2. The minimum absolute atomic E-state index is 0.105. The van der Waals surface area contributed by atoms with Crippen LogP contribution in [-0.4, -0.2) is 27.2 Å². The Balaban J connectivity index is 2.17. The molecule has 0 saturated carbocycles. The molecule has 0 fully saturated rings. The molecular weight excluding hydrogens is 340 g/mol. The van der Waals surface area contributed by atoms with Crippen LogP contribution in [0.2, 0.25) is 0 Å². The molecule has 7 heteroatoms. The summed E-state index contributed by atoms with van der Waals surface area (Å²) >= 11 is 1.11. The number of carboxylic acids is 1. The van der Waals surface area contributed by atoms with Crippen molar-refractivity contribution in [2.45, 2.75) is 37.5 Å². The van der Waals surface area contributed by atoms with Gasteiger partial charge < -0.3 is 15.4 Å². The minimum atomic E-state index is -0.943. The molecule has 1 amide bonds. The fourth-order valence-corrected chi connectivity index (χ4v) is 3.29. The van der Waals surface area contributed by atoms with Crippen LogP contribution in [0, 0.1) is 13.8 Å². The molecule has 0 spiro atoms. The fourth-order valence-electron chi connectivity index (χ4n) is 2.36. The standard InChI is InChI=1S/C18H20N2O4S/c1-10-8-11(2)20-17(22)14(10)9-19-16(21)13-6-4-5-7-15(13)25-12(3)18(23)24/h4-8,12H,9H2,1-3H3,(H,19,21)(H,20,22)(H,23,24). The monoisotopic (exact) mass is 360 g/mol. The molecule has 1 atom stereocenters. The van der Waals surface area contributed by atoms with Gasteiger partial charge in [0.2, 0.25) is 0 Å². The van der Waals surface area contributed by atoms with Crippen molar-refractivity contribution >= 4 is 23.6 Å². The molecule has 1 aromatic heterocycles. The quantitative estimate of drug-likeness (QED) is 0.687. The van der Waals surface area contributed by atoms with E-state index in [2.05, 4.69) is 10.3 Å². The summed E-state index contributed by atoms with van der Waals surface area (Å²) in [6, 6.07) is 8.67. The number of pyridine rings is 1. The van der Waals surface area contributed by atoms with Crippen molar-refractivity contribution in [3.8, 4) is 0 Å². The average molecular weight is 360 g/mol. The number of thioether (sulfide) groups is 1. The van der Waals surface area contributed by atoms with E-state index < -0.39 is 11.2 Å². The van der Waals surface area contributed by atoms with Gasteiger partial charge in [0, 0.05) is 22.7 Å². The summed E-state index contributed by atoms with van der Waals surface area (Å²) in [5, 5.41) is 11.1. The van der Waals surface area contributed by atoms with Crippen molar-refractivity contribution in [3.63, 3.8) is 0 Å². The lowest BCUT2D eigenvalue weighted by Gasteiger charge is -2.12. The third kappa shape index (κ3) is 4.73. The van der Waals surface area contributed by atoms with Crippen LogP contribution < -0.4 is 10.9 Å². The fraction of sp³-hybridized carbons (Fsp3) is 0.278. The number of benzene rings is 1. The Kier molecular flexibility index (Phi) is 6.03. The highest BCUT2D eigenvalue weighted by molar-refractivity contribution is 8.00. The lowest BCUT2D eigenvalue weighted by atomic mass is 10.1. The van der Waals surface area contributed by atoms with Gasteiger partial charge in [0.25, 0.3) is 11.5 Å². The maximum atomic E-state index is 12.5. The lowest BCUT2D eigenvalue weighted by Crippen LogP contribution is -2.28. The molecule has 1 unspecified atom stereocenters. The van der Waals surface area contributed by atoms with E-state index >= 15 is 0 Å². The predicted octanol–water partition coefficient (Wildman–Crippen LogP) is 2.49. The Hall–Kier alpha value is -2.54. The summed E-state index contributed by atoms with van der Waals surface area (Å²) < 4.78 is 0. The summed E-state index contributed by atoms with van der Waals surface area (Å²) in [6.07, 6.45) is 0. The molecule has 6 nitrogen and oxygen atoms in total. The normalized spacial score (nSPS) is 11.8. The van der Waals surface area contributed by atoms with Gasteiger partial charge in [0.15, 0.2) is 0 Å². The molecule has 25 heavy (non-hydrogen) atoms. The van der Waals surface area contributed by atoms with Gasteiger partial charge in [-0.05, 0) is 44.5 Å². The van der Waals surface area contributed by atoms with Gasteiger partial charge in [-0.3, -0.25) is 14.4 Å². The van der Waals surface area contributed by atoms with Gasteiger partial charge in [0.1, 0.15) is 5.25 Å². The molecule has 2 rings (SSSR count). The largest absolute Gasteiger partial charge is 0.480 e. The molecule has 0 saturated heterocycles. The van der Waals surface area contributed by atoms with Crippen LogP contribution in [0.1, 0.15) is 34.1 Å². The molecule has 0 aliphatic heterocycles. The van der Waals surface area contributed by atoms with Gasteiger partial charge in [-0.2, -0.15) is 0 Å². The van der Waals surface area contributed by atoms with E-state index in [1.807, 2.05) is 13.0 Å². The number of amides is 1. The summed E-state index contributed by atoms with van der Waals surface area (Å²) in [5.74, 6) is -1.29. The van der Waals surface area contributed by atoms with E-state index in [0.717, 1.165) is 23.0 Å². The molecule has 2 aromatic rings. The molecular formula is C18H20N2O4S. The second-order valence-electron chi connectivity index (χ2n) is 5.72. The Morgan fingerprint density at radius 1 is 1.28 bits per heavy atom. The van der Waals surface area contributed by atoms with E-state index in [1.54, 1.807) is 38.1 Å². The van der Waals surface area contributed by atoms with Gasteiger partial charge in [-0.1, -0.05) is 12.1 Å². The molecule has 0 bridgehead atoms. The first-order valence-corrected chi connectivity index (χ1v) is 8.63. The number of H-pyrrole nitrogens is 1. The summed E-state index contributed by atoms with van der Waals surface area (Å²) in [4.78, 5) is 38.9. The molecule has 132 valence electrons. The zero-order valence-electron chi connectivity index (χ0n) is 14.3. The Morgan fingerprint density at radius 2 is 1.96 bits per heavy atom. The van der Waals surface area contributed by atoms with Crippen molar-refractivity contribution < 1.29 is 14.7 Å². The van der Waals surface area contributed by atoms with E-state index in [4.69, 9.17) is 5.11 Å². The number of carbonyl (C=O) groups is 2. The first-order valence-electron chi connectivity index (χ1n) is 7.75. The predicted molar refractivity (Wildman–Crippen MR) is 97.1 cm³/mol. The first-order chi connectivity index (χ1) is 11.8. The number of aryl methyl sites for hydroxylation is 2. The number of hydrogen-bond acceptors (Lipinski definition) is 4. The van der Waals surface area contributed by atoms with Gasteiger partial charge in [-0.15, -0.1) is 11.8 Å². The number of nitrogens with one attached hydrogen (secondary N) is 2.